The van der Waals surface area contributed by atoms with E-state index < -0.39 is 11.2 Å². The van der Waals surface area contributed by atoms with E-state index in [1.165, 1.54) is 29.0 Å². The summed E-state index contributed by atoms with van der Waals surface area (Å²) in [5, 5.41) is 17.9. The highest BCUT2D eigenvalue weighted by Crippen LogP contribution is 2.09. The van der Waals surface area contributed by atoms with Crippen molar-refractivity contribution >= 4 is 0 Å². The predicted octanol–water partition coefficient (Wildman–Crippen LogP) is 0.291. The minimum atomic E-state index is -0.575. The Morgan fingerprint density at radius 3 is 2.71 bits per heavy atom. The van der Waals surface area contributed by atoms with Gasteiger partial charge in [-0.15, -0.1) is 0 Å². The van der Waals surface area contributed by atoms with Gasteiger partial charge >= 0.3 is 5.69 Å². The Kier molecular flexibility index (Phi) is 4.23. The largest absolute Gasteiger partial charge is 0.508 e. The minimum absolute atomic E-state index is 0.0835. The quantitative estimate of drug-likeness (QED) is 0.801. The van der Waals surface area contributed by atoms with E-state index in [2.05, 4.69) is 11.8 Å². The number of aromatic nitrogens is 2. The summed E-state index contributed by atoms with van der Waals surface area (Å²) in [5.41, 5.74) is -0.471. The molecule has 104 valence electrons. The maximum Gasteiger partial charge on any atom is 0.332 e. The van der Waals surface area contributed by atoms with E-state index in [0.717, 1.165) is 4.57 Å². The SMILES string of the molecule is N#CCn1c(=O)ccn(CC#Cc2cccc(O)c2)c1=O. The normalized spacial score (nSPS) is 9.48. The summed E-state index contributed by atoms with van der Waals surface area (Å²) in [6, 6.07) is 9.42. The highest BCUT2D eigenvalue weighted by Gasteiger charge is 2.03. The molecule has 6 nitrogen and oxygen atoms in total. The zero-order valence-corrected chi connectivity index (χ0v) is 11.0. The van der Waals surface area contributed by atoms with E-state index in [1.807, 2.05) is 0 Å². The highest BCUT2D eigenvalue weighted by atomic mass is 16.3. The second-order valence-corrected chi connectivity index (χ2v) is 4.16. The van der Waals surface area contributed by atoms with Gasteiger partial charge in [0.05, 0.1) is 12.6 Å². The predicted molar refractivity (Wildman–Crippen MR) is 75.6 cm³/mol. The molecule has 1 heterocycles. The van der Waals surface area contributed by atoms with Gasteiger partial charge in [-0.1, -0.05) is 17.9 Å². The Morgan fingerprint density at radius 2 is 2.00 bits per heavy atom. The fourth-order valence-electron chi connectivity index (χ4n) is 1.70. The van der Waals surface area contributed by atoms with Crippen LogP contribution in [0.15, 0.2) is 46.1 Å². The number of hydrogen-bond acceptors (Lipinski definition) is 4. The third-order valence-corrected chi connectivity index (χ3v) is 2.70. The maximum absolute atomic E-state index is 11.9. The molecule has 0 saturated carbocycles. The van der Waals surface area contributed by atoms with Crippen molar-refractivity contribution in [1.82, 2.24) is 9.13 Å². The Balaban J connectivity index is 2.26. The van der Waals surface area contributed by atoms with Crippen LogP contribution in [-0.4, -0.2) is 14.2 Å². The Morgan fingerprint density at radius 1 is 1.19 bits per heavy atom. The van der Waals surface area contributed by atoms with Gasteiger partial charge in [0, 0.05) is 17.8 Å². The van der Waals surface area contributed by atoms with Crippen LogP contribution in [0.25, 0.3) is 0 Å². The zero-order valence-electron chi connectivity index (χ0n) is 11.0. The van der Waals surface area contributed by atoms with Crippen LogP contribution in [-0.2, 0) is 13.1 Å². The van der Waals surface area contributed by atoms with Gasteiger partial charge in [0.1, 0.15) is 12.3 Å². The molecule has 0 aliphatic carbocycles. The van der Waals surface area contributed by atoms with E-state index in [4.69, 9.17) is 5.26 Å². The minimum Gasteiger partial charge on any atom is -0.508 e. The fourth-order valence-corrected chi connectivity index (χ4v) is 1.70. The van der Waals surface area contributed by atoms with E-state index in [1.54, 1.807) is 18.2 Å². The molecule has 0 aliphatic heterocycles. The molecule has 0 amide bonds. The molecular weight excluding hydrogens is 270 g/mol. The van der Waals surface area contributed by atoms with E-state index in [-0.39, 0.29) is 18.8 Å². The van der Waals surface area contributed by atoms with Crippen molar-refractivity contribution in [2.24, 2.45) is 0 Å². The van der Waals surface area contributed by atoms with Gasteiger partial charge in [0.25, 0.3) is 5.56 Å². The van der Waals surface area contributed by atoms with E-state index in [9.17, 15) is 14.7 Å². The average molecular weight is 281 g/mol. The fraction of sp³-hybridized carbons (Fsp3) is 0.133. The molecule has 1 N–H and O–H groups in total. The topological polar surface area (TPSA) is 88.0 Å². The number of aromatic hydroxyl groups is 1. The molecule has 1 aromatic carbocycles. The third-order valence-electron chi connectivity index (χ3n) is 2.70. The van der Waals surface area contributed by atoms with Crippen molar-refractivity contribution in [2.75, 3.05) is 0 Å². The lowest BCUT2D eigenvalue weighted by Crippen LogP contribution is -2.38. The van der Waals surface area contributed by atoms with Crippen LogP contribution in [0.1, 0.15) is 5.56 Å². The summed E-state index contributed by atoms with van der Waals surface area (Å²) in [7, 11) is 0. The van der Waals surface area contributed by atoms with Crippen molar-refractivity contribution < 1.29 is 5.11 Å². The van der Waals surface area contributed by atoms with Gasteiger partial charge in [0.15, 0.2) is 0 Å². The van der Waals surface area contributed by atoms with Crippen LogP contribution in [0.5, 0.6) is 5.75 Å². The molecule has 0 atom stereocenters. The molecule has 0 radical (unpaired) electrons. The summed E-state index contributed by atoms with van der Waals surface area (Å²) in [4.78, 5) is 23.4. The standard InChI is InChI=1S/C15H11N3O3/c16-7-10-18-14(20)6-9-17(15(18)21)8-2-4-12-3-1-5-13(19)11-12/h1,3,5-6,9,11,19H,8,10H2. The molecule has 2 aromatic rings. The van der Waals surface area contributed by atoms with Crippen LogP contribution in [0.3, 0.4) is 0 Å². The molecule has 1 aromatic heterocycles. The first-order chi connectivity index (χ1) is 10.1. The summed E-state index contributed by atoms with van der Waals surface area (Å²) < 4.78 is 2.09. The van der Waals surface area contributed by atoms with E-state index >= 15 is 0 Å². The lowest BCUT2D eigenvalue weighted by molar-refractivity contribution is 0.475. The molecule has 21 heavy (non-hydrogen) atoms. The van der Waals surface area contributed by atoms with Crippen LogP contribution < -0.4 is 11.2 Å². The number of phenols is 1. The second kappa shape index (κ2) is 6.27. The van der Waals surface area contributed by atoms with Crippen molar-refractivity contribution in [3.05, 3.63) is 62.9 Å². The van der Waals surface area contributed by atoms with Gasteiger partial charge in [-0.2, -0.15) is 5.26 Å². The van der Waals surface area contributed by atoms with E-state index in [0.29, 0.717) is 5.56 Å². The Bertz CT molecular complexity index is 876. The summed E-state index contributed by atoms with van der Waals surface area (Å²) in [6.07, 6.45) is 1.34. The number of hydrogen-bond donors (Lipinski definition) is 1. The number of rotatable bonds is 2. The first-order valence-corrected chi connectivity index (χ1v) is 6.07. The van der Waals surface area contributed by atoms with Crippen molar-refractivity contribution in [3.8, 4) is 23.7 Å². The zero-order chi connectivity index (χ0) is 15.2. The van der Waals surface area contributed by atoms with Crippen molar-refractivity contribution in [2.45, 2.75) is 13.1 Å². The summed E-state index contributed by atoms with van der Waals surface area (Å²) in [5.74, 6) is 5.70. The molecule has 0 spiro atoms. The Hall–Kier alpha value is -3.25. The molecular formula is C15H11N3O3. The first-order valence-electron chi connectivity index (χ1n) is 6.07. The summed E-state index contributed by atoms with van der Waals surface area (Å²) >= 11 is 0. The number of nitriles is 1. The lowest BCUT2D eigenvalue weighted by atomic mass is 10.2. The first kappa shape index (κ1) is 14.2. The molecule has 0 bridgehead atoms. The molecule has 0 aliphatic rings. The van der Waals surface area contributed by atoms with Crippen LogP contribution in [0, 0.1) is 23.2 Å². The summed E-state index contributed by atoms with van der Waals surface area (Å²) in [6.45, 7) is -0.210. The van der Waals surface area contributed by atoms with Gasteiger partial charge in [0.2, 0.25) is 0 Å². The molecule has 6 heteroatoms. The number of phenolic OH excluding ortho intramolecular Hbond substituents is 1. The Labute approximate surface area is 120 Å². The van der Waals surface area contributed by atoms with Gasteiger partial charge in [-0.25, -0.2) is 9.36 Å². The molecule has 0 saturated heterocycles. The van der Waals surface area contributed by atoms with Crippen LogP contribution in [0.4, 0.5) is 0 Å². The molecule has 0 fully saturated rings. The number of nitrogens with zero attached hydrogens (tertiary/aromatic N) is 3. The molecule has 0 unspecified atom stereocenters. The lowest BCUT2D eigenvalue weighted by Gasteiger charge is -2.03. The van der Waals surface area contributed by atoms with Gasteiger partial charge in [-0.3, -0.25) is 9.36 Å². The monoisotopic (exact) mass is 281 g/mol. The van der Waals surface area contributed by atoms with Crippen LogP contribution >= 0.6 is 0 Å². The average Bonchev–Trinajstić information content (AvgIpc) is 2.46. The van der Waals surface area contributed by atoms with Crippen molar-refractivity contribution in [3.63, 3.8) is 0 Å². The maximum atomic E-state index is 11.9. The second-order valence-electron chi connectivity index (χ2n) is 4.16. The third kappa shape index (κ3) is 3.40. The molecule has 2 rings (SSSR count). The smallest absolute Gasteiger partial charge is 0.332 e. The number of benzene rings is 1. The highest BCUT2D eigenvalue weighted by molar-refractivity contribution is 5.39. The van der Waals surface area contributed by atoms with Gasteiger partial charge in [-0.05, 0) is 18.2 Å². The van der Waals surface area contributed by atoms with Gasteiger partial charge < -0.3 is 5.11 Å². The van der Waals surface area contributed by atoms with Crippen molar-refractivity contribution in [1.29, 1.82) is 5.26 Å². The van der Waals surface area contributed by atoms with Crippen LogP contribution in [0.2, 0.25) is 0 Å².